The van der Waals surface area contributed by atoms with E-state index in [1.54, 1.807) is 0 Å². The third-order valence-corrected chi connectivity index (χ3v) is 6.25. The van der Waals surface area contributed by atoms with E-state index in [-0.39, 0.29) is 68.5 Å². The fourth-order valence-corrected chi connectivity index (χ4v) is 4.31. The maximum atomic E-state index is 13.3. The summed E-state index contributed by atoms with van der Waals surface area (Å²) in [5, 5.41) is 14.9. The Morgan fingerprint density at radius 2 is 1.97 bits per heavy atom. The van der Waals surface area contributed by atoms with Gasteiger partial charge >= 0.3 is 12.1 Å². The molecule has 36 heavy (non-hydrogen) atoms. The summed E-state index contributed by atoms with van der Waals surface area (Å²) in [5.74, 6) is -2.89. The molecular weight excluding hydrogens is 496 g/mol. The molecule has 3 N–H and O–H groups in total. The van der Waals surface area contributed by atoms with E-state index in [1.165, 1.54) is 16.2 Å². The number of alkyl carbamates (subject to hydrolysis) is 1. The van der Waals surface area contributed by atoms with Gasteiger partial charge in [-0.15, -0.1) is 12.6 Å². The molecule has 196 valence electrons. The molecule has 3 rings (SSSR count). The Labute approximate surface area is 212 Å². The number of carboxylic acids is 1. The second kappa shape index (κ2) is 11.9. The van der Waals surface area contributed by atoms with Gasteiger partial charge in [-0.3, -0.25) is 39.4 Å². The number of ether oxygens (including phenoxy) is 1. The number of aliphatic carboxylic acids is 1. The number of methoxy groups -OCH3 is 1. The first-order chi connectivity index (χ1) is 17.1. The quantitative estimate of drug-likeness (QED) is 0.307. The molecule has 15 heteroatoms. The average molecular weight is 525 g/mol. The van der Waals surface area contributed by atoms with Gasteiger partial charge in [-0.25, -0.2) is 14.8 Å². The summed E-state index contributed by atoms with van der Waals surface area (Å²) in [6, 6.07) is -2.08. The number of amides is 4. The molecular formula is C21H28N6O8S. The van der Waals surface area contributed by atoms with Gasteiger partial charge in [0.05, 0.1) is 20.1 Å². The number of carboxylic acid groups (broad SMARTS) is 1. The number of amidine groups is 1. The topological polar surface area (TPSA) is 178 Å². The number of ketones is 1. The highest BCUT2D eigenvalue weighted by Gasteiger charge is 2.45. The smallest absolute Gasteiger partial charge is 0.407 e. The molecule has 3 aliphatic heterocycles. The van der Waals surface area contributed by atoms with Crippen LogP contribution in [0.2, 0.25) is 0 Å². The minimum Gasteiger partial charge on any atom is -0.481 e. The van der Waals surface area contributed by atoms with Gasteiger partial charge in [-0.2, -0.15) is 0 Å². The molecule has 0 radical (unpaired) electrons. The van der Waals surface area contributed by atoms with Gasteiger partial charge in [0, 0.05) is 32.0 Å². The SMILES string of the molecule is COC(=O)N[C@H]1CCC(=O)N2CCC[C@@H](C(=O)NN3CC(CC(=O)CCC(=O)O)=CN=C3S)N2C1=O. The first-order valence-electron chi connectivity index (χ1n) is 11.3. The number of nitrogens with one attached hydrogen (secondary N) is 2. The number of hydrazine groups is 2. The van der Waals surface area contributed by atoms with E-state index in [2.05, 4.69) is 33.1 Å². The minimum atomic E-state index is -1.07. The Morgan fingerprint density at radius 3 is 2.67 bits per heavy atom. The van der Waals surface area contributed by atoms with E-state index < -0.39 is 36.0 Å². The molecule has 0 aromatic carbocycles. The Bertz CT molecular complexity index is 1010. The average Bonchev–Trinajstić information content (AvgIpc) is 2.96. The summed E-state index contributed by atoms with van der Waals surface area (Å²) >= 11 is 4.25. The van der Waals surface area contributed by atoms with Crippen LogP contribution in [0, 0.1) is 0 Å². The number of nitrogens with zero attached hydrogens (tertiary/aromatic N) is 4. The Kier molecular flexibility index (Phi) is 8.90. The lowest BCUT2D eigenvalue weighted by Gasteiger charge is -2.43. The number of hydrogen-bond donors (Lipinski definition) is 4. The van der Waals surface area contributed by atoms with E-state index >= 15 is 0 Å². The number of fused-ring (bicyclic) bond motifs is 1. The van der Waals surface area contributed by atoms with E-state index in [0.29, 0.717) is 12.0 Å². The molecule has 2 saturated heterocycles. The number of hydrogen-bond acceptors (Lipinski definition) is 9. The van der Waals surface area contributed by atoms with Crippen LogP contribution in [0.1, 0.15) is 44.9 Å². The molecule has 4 amide bonds. The molecule has 0 aliphatic carbocycles. The van der Waals surface area contributed by atoms with E-state index in [4.69, 9.17) is 5.11 Å². The van der Waals surface area contributed by atoms with Crippen molar-refractivity contribution in [1.29, 1.82) is 0 Å². The van der Waals surface area contributed by atoms with Crippen molar-refractivity contribution < 1.29 is 38.6 Å². The minimum absolute atomic E-state index is 0.00880. The van der Waals surface area contributed by atoms with Crippen molar-refractivity contribution in [2.24, 2.45) is 4.99 Å². The van der Waals surface area contributed by atoms with Crippen LogP contribution in [0.4, 0.5) is 4.79 Å². The zero-order valence-electron chi connectivity index (χ0n) is 19.6. The third-order valence-electron chi connectivity index (χ3n) is 5.89. The van der Waals surface area contributed by atoms with Crippen LogP contribution in [0.5, 0.6) is 0 Å². The summed E-state index contributed by atoms with van der Waals surface area (Å²) < 4.78 is 4.57. The van der Waals surface area contributed by atoms with E-state index in [1.807, 2.05) is 0 Å². The van der Waals surface area contributed by atoms with Crippen LogP contribution in [0.15, 0.2) is 16.8 Å². The van der Waals surface area contributed by atoms with Crippen molar-refractivity contribution in [3.63, 3.8) is 0 Å². The predicted octanol–water partition coefficient (Wildman–Crippen LogP) is -0.420. The molecule has 0 spiro atoms. The summed E-state index contributed by atoms with van der Waals surface area (Å²) in [5.41, 5.74) is 3.18. The molecule has 0 bridgehead atoms. The van der Waals surface area contributed by atoms with Crippen LogP contribution >= 0.6 is 12.6 Å². The van der Waals surface area contributed by atoms with Crippen molar-refractivity contribution in [2.75, 3.05) is 20.2 Å². The predicted molar refractivity (Wildman–Crippen MR) is 126 cm³/mol. The largest absolute Gasteiger partial charge is 0.481 e. The standard InChI is InChI=1S/C21H28N6O8S/c1-35-21(34)23-14-5-6-16(29)26-8-2-3-15(27(26)19(14)33)18(32)24-25-11-12(10-22-20(25)36)9-13(28)4-7-17(30)31/h10,14-15H,2-9,11H2,1H3,(H,22,36)(H,23,34)(H,24,32)(H,30,31)/t14-,15-/m0/s1. The Hall–Kier alpha value is -3.62. The van der Waals surface area contributed by atoms with Crippen molar-refractivity contribution >= 4 is 53.4 Å². The van der Waals surface area contributed by atoms with Crippen molar-refractivity contribution in [3.8, 4) is 0 Å². The number of Topliss-reactive ketones (excluding diaryl/α,β-unsaturated/α-hetero) is 1. The Balaban J connectivity index is 1.70. The highest BCUT2D eigenvalue weighted by molar-refractivity contribution is 7.96. The van der Waals surface area contributed by atoms with Gasteiger partial charge in [-0.05, 0) is 24.8 Å². The molecule has 0 aromatic rings. The monoisotopic (exact) mass is 524 g/mol. The zero-order chi connectivity index (χ0) is 26.4. The molecule has 2 fully saturated rings. The van der Waals surface area contributed by atoms with Crippen LogP contribution in [-0.4, -0.2) is 93.2 Å². The summed E-state index contributed by atoms with van der Waals surface area (Å²) in [7, 11) is 1.16. The molecule has 0 saturated carbocycles. The van der Waals surface area contributed by atoms with Crippen molar-refractivity contribution in [1.82, 2.24) is 25.8 Å². The van der Waals surface area contributed by atoms with Gasteiger partial charge in [0.1, 0.15) is 17.9 Å². The summed E-state index contributed by atoms with van der Waals surface area (Å²) in [6.45, 7) is 0.330. The normalized spacial score (nSPS) is 22.1. The molecule has 14 nitrogen and oxygen atoms in total. The van der Waals surface area contributed by atoms with Crippen molar-refractivity contribution in [3.05, 3.63) is 11.8 Å². The van der Waals surface area contributed by atoms with Gasteiger partial charge in [-0.1, -0.05) is 0 Å². The first-order valence-corrected chi connectivity index (χ1v) is 11.8. The highest BCUT2D eigenvalue weighted by atomic mass is 32.1. The number of rotatable bonds is 8. The van der Waals surface area contributed by atoms with Gasteiger partial charge in [0.25, 0.3) is 11.8 Å². The first kappa shape index (κ1) is 27.0. The van der Waals surface area contributed by atoms with Crippen molar-refractivity contribution in [2.45, 2.75) is 57.0 Å². The second-order valence-corrected chi connectivity index (χ2v) is 8.87. The van der Waals surface area contributed by atoms with Crippen LogP contribution in [0.25, 0.3) is 0 Å². The number of aliphatic imine (C=N–C) groups is 1. The molecule has 2 atom stereocenters. The molecule has 0 aromatic heterocycles. The lowest BCUT2D eigenvalue weighted by atomic mass is 10.1. The molecule has 0 unspecified atom stereocenters. The second-order valence-electron chi connectivity index (χ2n) is 8.47. The lowest BCUT2D eigenvalue weighted by molar-refractivity contribution is -0.176. The van der Waals surface area contributed by atoms with Gasteiger partial charge < -0.3 is 15.2 Å². The zero-order valence-corrected chi connectivity index (χ0v) is 20.5. The summed E-state index contributed by atoms with van der Waals surface area (Å²) in [6.07, 6.45) is 0.998. The van der Waals surface area contributed by atoms with Crippen LogP contribution in [-0.2, 0) is 28.7 Å². The maximum absolute atomic E-state index is 13.3. The fraction of sp³-hybridized carbons (Fsp3) is 0.571. The van der Waals surface area contributed by atoms with E-state index in [0.717, 1.165) is 12.1 Å². The third kappa shape index (κ3) is 6.53. The molecule has 3 aliphatic rings. The van der Waals surface area contributed by atoms with Crippen LogP contribution in [0.3, 0.4) is 0 Å². The number of carbonyl (C=O) groups is 6. The fourth-order valence-electron chi connectivity index (χ4n) is 4.13. The highest BCUT2D eigenvalue weighted by Crippen LogP contribution is 2.25. The van der Waals surface area contributed by atoms with Gasteiger partial charge in [0.2, 0.25) is 5.91 Å². The maximum Gasteiger partial charge on any atom is 0.407 e. The van der Waals surface area contributed by atoms with Gasteiger partial charge in [0.15, 0.2) is 5.17 Å². The van der Waals surface area contributed by atoms with Crippen LogP contribution < -0.4 is 10.7 Å². The van der Waals surface area contributed by atoms with E-state index in [9.17, 15) is 28.8 Å². The number of carbonyl (C=O) groups excluding carboxylic acids is 5. The lowest BCUT2D eigenvalue weighted by Crippen LogP contribution is -2.65. The summed E-state index contributed by atoms with van der Waals surface area (Å²) in [4.78, 5) is 77.8. The Morgan fingerprint density at radius 1 is 1.22 bits per heavy atom. The molecule has 3 heterocycles. The number of thiol groups is 1.